The van der Waals surface area contributed by atoms with E-state index >= 15 is 0 Å². The van der Waals surface area contributed by atoms with Crippen molar-refractivity contribution in [1.82, 2.24) is 10.2 Å². The quantitative estimate of drug-likeness (QED) is 0.524. The number of amides is 2. The van der Waals surface area contributed by atoms with E-state index in [1.54, 1.807) is 6.92 Å². The Hall–Kier alpha value is -3.16. The number of hydrogen-bond acceptors (Lipinski definition) is 6. The normalized spacial score (nSPS) is 17.5. The summed E-state index contributed by atoms with van der Waals surface area (Å²) in [5.74, 6) is -4.73. The van der Waals surface area contributed by atoms with Crippen molar-refractivity contribution in [3.63, 3.8) is 0 Å². The van der Waals surface area contributed by atoms with Crippen molar-refractivity contribution < 1.29 is 35.8 Å². The molecule has 1 aliphatic heterocycles. The minimum atomic E-state index is -4.91. The molecular weight excluding hydrogens is 521 g/mol. The van der Waals surface area contributed by atoms with Gasteiger partial charge in [-0.15, -0.1) is 10.2 Å². The first-order valence-electron chi connectivity index (χ1n) is 11.4. The number of nitrogens with zero attached hydrogens (tertiary/aromatic N) is 4. The largest absolute Gasteiger partial charge is 0.435 e. The topological polar surface area (TPSA) is 105 Å². The van der Waals surface area contributed by atoms with Gasteiger partial charge in [0.25, 0.3) is 11.8 Å². The minimum Gasteiger partial charge on any atom is -0.354 e. The third-order valence-corrected chi connectivity index (χ3v) is 7.50. The van der Waals surface area contributed by atoms with Gasteiger partial charge in [0.15, 0.2) is 11.5 Å². The van der Waals surface area contributed by atoms with Crippen LogP contribution in [0.1, 0.15) is 54.2 Å². The Morgan fingerprint density at radius 3 is 2.54 bits per heavy atom. The molecule has 202 valence electrons. The molecule has 0 saturated carbocycles. The van der Waals surface area contributed by atoms with E-state index in [1.165, 1.54) is 35.4 Å². The van der Waals surface area contributed by atoms with Gasteiger partial charge in [-0.2, -0.15) is 17.5 Å². The van der Waals surface area contributed by atoms with E-state index in [0.29, 0.717) is 0 Å². The molecule has 1 N–H and O–H groups in total. The zero-order valence-corrected chi connectivity index (χ0v) is 21.2. The Bertz CT molecular complexity index is 1320. The fraction of sp³-hybridized carbons (Fsp3) is 0.478. The number of benzene rings is 1. The Balaban J connectivity index is 2.04. The van der Waals surface area contributed by atoms with E-state index in [2.05, 4.69) is 19.9 Å². The summed E-state index contributed by atoms with van der Waals surface area (Å²) >= 11 is 0. The highest BCUT2D eigenvalue weighted by Gasteiger charge is 2.39. The standard InChI is InChI=1S/C23H26F5N5O3S/c1-4-17(34)32-37(3,36)16-8-5-7-15(13-16)29-21(35)18-14(2)19(23(26,27)28)30-31-20(18)33-11-6-9-22(24,25)10-12-33/h5,7-8,13H,4,6,9-12H2,1-3H3,(H,29,35)/t37-/m1/s1. The summed E-state index contributed by atoms with van der Waals surface area (Å²) < 4.78 is 85.1. The molecule has 8 nitrogen and oxygen atoms in total. The number of nitrogens with one attached hydrogen (secondary N) is 1. The van der Waals surface area contributed by atoms with Gasteiger partial charge in [-0.25, -0.2) is 13.0 Å². The number of hydrogen-bond donors (Lipinski definition) is 1. The van der Waals surface area contributed by atoms with Crippen LogP contribution in [0.15, 0.2) is 33.5 Å². The van der Waals surface area contributed by atoms with E-state index < -0.39 is 63.3 Å². The van der Waals surface area contributed by atoms with E-state index in [0.717, 1.165) is 6.92 Å². The summed E-state index contributed by atoms with van der Waals surface area (Å²) in [6.45, 7) is 2.44. The lowest BCUT2D eigenvalue weighted by atomic mass is 10.1. The molecule has 0 bridgehead atoms. The first-order chi connectivity index (χ1) is 17.1. The smallest absolute Gasteiger partial charge is 0.354 e. The number of alkyl halides is 5. The molecule has 0 unspecified atom stereocenters. The van der Waals surface area contributed by atoms with Crippen LogP contribution < -0.4 is 10.2 Å². The molecule has 0 radical (unpaired) electrons. The highest BCUT2D eigenvalue weighted by Crippen LogP contribution is 2.36. The first kappa shape index (κ1) is 28.4. The van der Waals surface area contributed by atoms with Gasteiger partial charge in [0.1, 0.15) is 0 Å². The van der Waals surface area contributed by atoms with Crippen molar-refractivity contribution >= 4 is 33.0 Å². The number of halogens is 5. The maximum atomic E-state index is 13.9. The van der Waals surface area contributed by atoms with Crippen molar-refractivity contribution in [2.75, 3.05) is 29.6 Å². The molecule has 1 saturated heterocycles. The lowest BCUT2D eigenvalue weighted by Gasteiger charge is -2.25. The van der Waals surface area contributed by atoms with Gasteiger partial charge < -0.3 is 10.2 Å². The molecule has 2 aromatic rings. The van der Waals surface area contributed by atoms with Gasteiger partial charge in [-0.1, -0.05) is 13.0 Å². The van der Waals surface area contributed by atoms with Crippen LogP contribution in [0.4, 0.5) is 33.5 Å². The Morgan fingerprint density at radius 2 is 1.89 bits per heavy atom. The van der Waals surface area contributed by atoms with Crippen LogP contribution in [0.3, 0.4) is 0 Å². The summed E-state index contributed by atoms with van der Waals surface area (Å²) in [4.78, 5) is 26.4. The monoisotopic (exact) mass is 547 g/mol. The molecule has 1 fully saturated rings. The van der Waals surface area contributed by atoms with Crippen molar-refractivity contribution in [1.29, 1.82) is 0 Å². The molecule has 37 heavy (non-hydrogen) atoms. The van der Waals surface area contributed by atoms with Crippen molar-refractivity contribution in [2.24, 2.45) is 4.36 Å². The van der Waals surface area contributed by atoms with Gasteiger partial charge in [0.2, 0.25) is 5.92 Å². The van der Waals surface area contributed by atoms with Crippen LogP contribution in [0.5, 0.6) is 0 Å². The molecule has 1 aromatic carbocycles. The van der Waals surface area contributed by atoms with Crippen molar-refractivity contribution in [2.45, 2.75) is 56.5 Å². The number of anilines is 2. The average Bonchev–Trinajstić information content (AvgIpc) is 2.98. The second-order valence-electron chi connectivity index (χ2n) is 8.69. The Labute approximate surface area is 210 Å². The van der Waals surface area contributed by atoms with E-state index in [-0.39, 0.29) is 42.3 Å². The van der Waals surface area contributed by atoms with Crippen molar-refractivity contribution in [3.8, 4) is 0 Å². The summed E-state index contributed by atoms with van der Waals surface area (Å²) in [6, 6.07) is 5.59. The average molecular weight is 548 g/mol. The van der Waals surface area contributed by atoms with Gasteiger partial charge >= 0.3 is 6.18 Å². The molecule has 1 aliphatic rings. The summed E-state index contributed by atoms with van der Waals surface area (Å²) in [5, 5.41) is 9.36. The Kier molecular flexibility index (Phi) is 8.20. The first-order valence-corrected chi connectivity index (χ1v) is 13.3. The number of carbonyl (C=O) groups is 2. The van der Waals surface area contributed by atoms with Gasteiger partial charge in [-0.05, 0) is 37.1 Å². The van der Waals surface area contributed by atoms with Crippen LogP contribution in [0.2, 0.25) is 0 Å². The lowest BCUT2D eigenvalue weighted by Crippen LogP contribution is -2.31. The Morgan fingerprint density at radius 1 is 1.19 bits per heavy atom. The summed E-state index contributed by atoms with van der Waals surface area (Å²) in [6.07, 6.45) is -4.51. The maximum Gasteiger partial charge on any atom is 0.435 e. The van der Waals surface area contributed by atoms with Gasteiger partial charge in [0.05, 0.1) is 15.3 Å². The third-order valence-electron chi connectivity index (χ3n) is 5.82. The molecule has 2 heterocycles. The maximum absolute atomic E-state index is 13.9. The molecule has 3 rings (SSSR count). The molecule has 1 atom stereocenters. The highest BCUT2D eigenvalue weighted by molar-refractivity contribution is 7.93. The third kappa shape index (κ3) is 6.79. The second kappa shape index (κ2) is 10.7. The molecule has 0 aliphatic carbocycles. The minimum absolute atomic E-state index is 0.0440. The highest BCUT2D eigenvalue weighted by atomic mass is 32.2. The molecule has 2 amide bonds. The summed E-state index contributed by atoms with van der Waals surface area (Å²) in [7, 11) is -3.15. The fourth-order valence-corrected chi connectivity index (χ4v) is 5.16. The predicted octanol–water partition coefficient (Wildman–Crippen LogP) is 5.08. The predicted molar refractivity (Wildman–Crippen MR) is 127 cm³/mol. The SMILES string of the molecule is CCC(=O)N=[S@](C)(=O)c1cccc(NC(=O)c2c(N3CCCC(F)(F)CC3)nnc(C(F)(F)F)c2C)c1. The van der Waals surface area contributed by atoms with Crippen molar-refractivity contribution in [3.05, 3.63) is 41.1 Å². The zero-order valence-electron chi connectivity index (χ0n) is 20.4. The summed E-state index contributed by atoms with van der Waals surface area (Å²) in [5.41, 5.74) is -2.26. The fourth-order valence-electron chi connectivity index (χ4n) is 3.86. The van der Waals surface area contributed by atoms with Crippen LogP contribution in [0, 0.1) is 6.92 Å². The van der Waals surface area contributed by atoms with E-state index in [1.807, 2.05) is 0 Å². The zero-order chi connectivity index (χ0) is 27.6. The van der Waals surface area contributed by atoms with Crippen LogP contribution in [0.25, 0.3) is 0 Å². The number of aromatic nitrogens is 2. The molecular formula is C23H26F5N5O3S. The van der Waals surface area contributed by atoms with Gasteiger partial charge in [0, 0.05) is 49.2 Å². The van der Waals surface area contributed by atoms with Crippen LogP contribution >= 0.6 is 0 Å². The second-order valence-corrected chi connectivity index (χ2v) is 10.9. The lowest BCUT2D eigenvalue weighted by molar-refractivity contribution is -0.142. The number of carbonyl (C=O) groups excluding carboxylic acids is 2. The van der Waals surface area contributed by atoms with Crippen LogP contribution in [-0.2, 0) is 20.7 Å². The van der Waals surface area contributed by atoms with Crippen LogP contribution in [-0.4, -0.2) is 51.5 Å². The van der Waals surface area contributed by atoms with E-state index in [9.17, 15) is 35.8 Å². The molecule has 14 heteroatoms. The van der Waals surface area contributed by atoms with E-state index in [4.69, 9.17) is 0 Å². The molecule has 1 aromatic heterocycles. The molecule has 0 spiro atoms. The number of rotatable bonds is 5. The van der Waals surface area contributed by atoms with Gasteiger partial charge in [-0.3, -0.25) is 9.59 Å².